The third kappa shape index (κ3) is 2.16. The summed E-state index contributed by atoms with van der Waals surface area (Å²) >= 11 is 0. The molecule has 4 aliphatic rings. The summed E-state index contributed by atoms with van der Waals surface area (Å²) in [5, 5.41) is 0. The lowest BCUT2D eigenvalue weighted by Gasteiger charge is -2.62. The van der Waals surface area contributed by atoms with E-state index in [-0.39, 0.29) is 27.8 Å². The van der Waals surface area contributed by atoms with Gasteiger partial charge in [0.05, 0.1) is 0 Å². The molecule has 0 aromatic heterocycles. The van der Waals surface area contributed by atoms with Gasteiger partial charge in [0.25, 0.3) is 0 Å². The molecule has 3 heteroatoms. The molecule has 0 spiro atoms. The van der Waals surface area contributed by atoms with Gasteiger partial charge in [-0.15, -0.1) is 0 Å². The second-order valence-corrected chi connectivity index (χ2v) is 10.7. The van der Waals surface area contributed by atoms with Crippen LogP contribution in [0.25, 0.3) is 0 Å². The van der Waals surface area contributed by atoms with Crippen LogP contribution < -0.4 is 0 Å². The highest BCUT2D eigenvalue weighted by Gasteiger charge is 2.66. The fourth-order valence-electron chi connectivity index (χ4n) is 8.09. The van der Waals surface area contributed by atoms with Gasteiger partial charge in [0.15, 0.2) is 0 Å². The lowest BCUT2D eigenvalue weighted by atomic mass is 9.42. The normalized spacial score (nSPS) is 51.8. The summed E-state index contributed by atoms with van der Waals surface area (Å²) < 4.78 is 5.88. The number of carbonyl (C=O) groups is 2. The standard InChI is InChI=1S/C22H34O3/c1-19(2)14-8-11-21(4)15(20(14,3)12-9-17(19)23)6-7-16(21)22(5)13-10-18(24)25-22/h14-16H,6-13H2,1-5H3/t14-,15?,16-,20-,21+,22-/m0/s1. The molecule has 4 fully saturated rings. The fourth-order valence-corrected chi connectivity index (χ4v) is 8.09. The summed E-state index contributed by atoms with van der Waals surface area (Å²) in [6, 6.07) is 0. The third-order valence-electron chi connectivity index (χ3n) is 9.29. The van der Waals surface area contributed by atoms with E-state index >= 15 is 0 Å². The zero-order valence-corrected chi connectivity index (χ0v) is 16.6. The maximum Gasteiger partial charge on any atom is 0.306 e. The molecule has 1 heterocycles. The van der Waals surface area contributed by atoms with Crippen molar-refractivity contribution in [3.8, 4) is 0 Å². The first-order chi connectivity index (χ1) is 11.5. The average molecular weight is 347 g/mol. The van der Waals surface area contributed by atoms with E-state index in [4.69, 9.17) is 4.74 Å². The Kier molecular flexibility index (Phi) is 3.58. The number of esters is 1. The second kappa shape index (κ2) is 5.10. The smallest absolute Gasteiger partial charge is 0.306 e. The summed E-state index contributed by atoms with van der Waals surface area (Å²) in [5.41, 5.74) is 0.0269. The van der Waals surface area contributed by atoms with Gasteiger partial charge in [-0.3, -0.25) is 9.59 Å². The van der Waals surface area contributed by atoms with Gasteiger partial charge in [-0.2, -0.15) is 0 Å². The van der Waals surface area contributed by atoms with E-state index in [0.29, 0.717) is 30.0 Å². The zero-order valence-electron chi connectivity index (χ0n) is 16.6. The van der Waals surface area contributed by atoms with Gasteiger partial charge < -0.3 is 4.74 Å². The molecule has 0 N–H and O–H groups in total. The minimum atomic E-state index is -0.274. The molecular formula is C22H34O3. The number of hydrogen-bond donors (Lipinski definition) is 0. The van der Waals surface area contributed by atoms with E-state index in [1.165, 1.54) is 19.3 Å². The molecule has 0 amide bonds. The summed E-state index contributed by atoms with van der Waals surface area (Å²) in [6.07, 6.45) is 7.95. The molecule has 1 unspecified atom stereocenters. The Morgan fingerprint density at radius 1 is 0.760 bits per heavy atom. The highest BCUT2D eigenvalue weighted by atomic mass is 16.6. The molecule has 3 saturated carbocycles. The van der Waals surface area contributed by atoms with Crippen LogP contribution in [0.5, 0.6) is 0 Å². The molecule has 0 aromatic carbocycles. The number of ketones is 1. The van der Waals surface area contributed by atoms with Crippen LogP contribution >= 0.6 is 0 Å². The molecule has 0 aromatic rings. The number of rotatable bonds is 1. The van der Waals surface area contributed by atoms with Gasteiger partial charge in [-0.25, -0.2) is 0 Å². The minimum Gasteiger partial charge on any atom is -0.459 e. The zero-order chi connectivity index (χ0) is 18.3. The number of cyclic esters (lactones) is 1. The largest absolute Gasteiger partial charge is 0.459 e. The molecule has 6 atom stereocenters. The van der Waals surface area contributed by atoms with Crippen LogP contribution in [0.4, 0.5) is 0 Å². The molecule has 0 radical (unpaired) electrons. The molecule has 4 rings (SSSR count). The molecule has 1 saturated heterocycles. The van der Waals surface area contributed by atoms with Crippen molar-refractivity contribution in [1.29, 1.82) is 0 Å². The Morgan fingerprint density at radius 3 is 2.04 bits per heavy atom. The van der Waals surface area contributed by atoms with Gasteiger partial charge in [-0.05, 0) is 68.1 Å². The SMILES string of the molecule is CC1(C)C(=O)CC[C@]2(C)C3CC[C@H]([C@]4(C)CCC(=O)O4)[C@]3(C)CC[C@@H]12. The van der Waals surface area contributed by atoms with Crippen LogP contribution in [-0.2, 0) is 14.3 Å². The number of fused-ring (bicyclic) bond motifs is 3. The Bertz CT molecular complexity index is 623. The minimum absolute atomic E-state index is 0.0150. The lowest BCUT2D eigenvalue weighted by molar-refractivity contribution is -0.173. The summed E-state index contributed by atoms with van der Waals surface area (Å²) in [5.74, 6) is 2.06. The quantitative estimate of drug-likeness (QED) is 0.633. The van der Waals surface area contributed by atoms with Crippen LogP contribution in [0.15, 0.2) is 0 Å². The maximum atomic E-state index is 12.6. The van der Waals surface area contributed by atoms with Crippen LogP contribution in [0.1, 0.15) is 86.0 Å². The van der Waals surface area contributed by atoms with Crippen molar-refractivity contribution in [2.24, 2.45) is 34.0 Å². The van der Waals surface area contributed by atoms with Crippen molar-refractivity contribution < 1.29 is 14.3 Å². The molecule has 0 bridgehead atoms. The van der Waals surface area contributed by atoms with Gasteiger partial charge in [0, 0.05) is 24.2 Å². The fraction of sp³-hybridized carbons (Fsp3) is 0.909. The Hall–Kier alpha value is -0.860. The van der Waals surface area contributed by atoms with Crippen LogP contribution in [0.3, 0.4) is 0 Å². The third-order valence-corrected chi connectivity index (χ3v) is 9.29. The van der Waals surface area contributed by atoms with E-state index in [1.54, 1.807) is 0 Å². The highest BCUT2D eigenvalue weighted by Crippen LogP contribution is 2.71. The lowest BCUT2D eigenvalue weighted by Crippen LogP contribution is -2.58. The predicted molar refractivity (Wildman–Crippen MR) is 96.9 cm³/mol. The number of Topliss-reactive ketones (excluding diaryl/α,β-unsaturated/α-hetero) is 1. The second-order valence-electron chi connectivity index (χ2n) is 10.7. The Labute approximate surface area is 152 Å². The number of carbonyl (C=O) groups excluding carboxylic acids is 2. The Morgan fingerprint density at radius 2 is 1.40 bits per heavy atom. The predicted octanol–water partition coefficient (Wildman–Crippen LogP) is 4.92. The van der Waals surface area contributed by atoms with Crippen LogP contribution in [-0.4, -0.2) is 17.4 Å². The highest BCUT2D eigenvalue weighted by molar-refractivity contribution is 5.85. The van der Waals surface area contributed by atoms with E-state index in [9.17, 15) is 9.59 Å². The molecular weight excluding hydrogens is 312 g/mol. The first-order valence-corrected chi connectivity index (χ1v) is 10.3. The molecule has 1 aliphatic heterocycles. The van der Waals surface area contributed by atoms with Gasteiger partial charge in [0.2, 0.25) is 0 Å². The van der Waals surface area contributed by atoms with Gasteiger partial charge >= 0.3 is 5.97 Å². The number of ether oxygens (including phenoxy) is 1. The van der Waals surface area contributed by atoms with Crippen molar-refractivity contribution in [3.63, 3.8) is 0 Å². The van der Waals surface area contributed by atoms with E-state index in [1.807, 2.05) is 0 Å². The van der Waals surface area contributed by atoms with Crippen molar-refractivity contribution >= 4 is 11.8 Å². The van der Waals surface area contributed by atoms with Crippen LogP contribution in [0.2, 0.25) is 0 Å². The van der Waals surface area contributed by atoms with Gasteiger partial charge in [0.1, 0.15) is 11.4 Å². The summed E-state index contributed by atoms with van der Waals surface area (Å²) in [7, 11) is 0. The monoisotopic (exact) mass is 346 g/mol. The first-order valence-electron chi connectivity index (χ1n) is 10.3. The van der Waals surface area contributed by atoms with Gasteiger partial charge in [-0.1, -0.05) is 27.7 Å². The average Bonchev–Trinajstić information content (AvgIpc) is 3.05. The maximum absolute atomic E-state index is 12.6. The Balaban J connectivity index is 1.69. The van der Waals surface area contributed by atoms with Crippen molar-refractivity contribution in [3.05, 3.63) is 0 Å². The van der Waals surface area contributed by atoms with E-state index in [2.05, 4.69) is 34.6 Å². The van der Waals surface area contributed by atoms with Crippen molar-refractivity contribution in [1.82, 2.24) is 0 Å². The van der Waals surface area contributed by atoms with Crippen LogP contribution in [0, 0.1) is 34.0 Å². The number of hydrogen-bond acceptors (Lipinski definition) is 3. The first kappa shape index (κ1) is 17.5. The van der Waals surface area contributed by atoms with E-state index < -0.39 is 0 Å². The molecule has 3 aliphatic carbocycles. The molecule has 3 nitrogen and oxygen atoms in total. The summed E-state index contributed by atoms with van der Waals surface area (Å²) in [6.45, 7) is 11.5. The summed E-state index contributed by atoms with van der Waals surface area (Å²) in [4.78, 5) is 24.4. The van der Waals surface area contributed by atoms with Crippen molar-refractivity contribution in [2.75, 3.05) is 0 Å². The van der Waals surface area contributed by atoms with E-state index in [0.717, 1.165) is 25.7 Å². The van der Waals surface area contributed by atoms with Crippen molar-refractivity contribution in [2.45, 2.75) is 91.6 Å². The molecule has 25 heavy (non-hydrogen) atoms. The topological polar surface area (TPSA) is 43.4 Å². The molecule has 140 valence electrons.